The zero-order chi connectivity index (χ0) is 13.2. The fourth-order valence-corrected chi connectivity index (χ4v) is 2.81. The Hall–Kier alpha value is -0.990. The Balaban J connectivity index is 1.92. The van der Waals surface area contributed by atoms with Crippen molar-refractivity contribution in [3.63, 3.8) is 0 Å². The van der Waals surface area contributed by atoms with E-state index in [0.29, 0.717) is 11.5 Å². The summed E-state index contributed by atoms with van der Waals surface area (Å²) in [7, 11) is 0. The fourth-order valence-electron chi connectivity index (χ4n) is 2.81. The van der Waals surface area contributed by atoms with Crippen molar-refractivity contribution in [2.45, 2.75) is 45.2 Å². The average Bonchev–Trinajstić information content (AvgIpc) is 2.20. The second kappa shape index (κ2) is 5.33. The lowest BCUT2D eigenvalue weighted by Crippen LogP contribution is -2.24. The van der Waals surface area contributed by atoms with Gasteiger partial charge in [0.05, 0.1) is 6.42 Å². The van der Waals surface area contributed by atoms with Crippen LogP contribution in [0.25, 0.3) is 0 Å². The van der Waals surface area contributed by atoms with E-state index in [2.05, 4.69) is 6.92 Å². The molecule has 0 nitrogen and oxygen atoms in total. The molecule has 1 fully saturated rings. The predicted molar refractivity (Wildman–Crippen MR) is 66.4 cm³/mol. The molecule has 1 aromatic carbocycles. The van der Waals surface area contributed by atoms with Crippen LogP contribution in [-0.2, 0) is 12.8 Å². The highest BCUT2D eigenvalue weighted by Gasteiger charge is 2.29. The molecule has 0 bridgehead atoms. The van der Waals surface area contributed by atoms with E-state index >= 15 is 0 Å². The van der Waals surface area contributed by atoms with Crippen LogP contribution in [0.3, 0.4) is 0 Å². The van der Waals surface area contributed by atoms with Crippen molar-refractivity contribution in [1.82, 2.24) is 0 Å². The Bertz CT molecular complexity index is 389. The number of hydrogen-bond donors (Lipinski definition) is 0. The summed E-state index contributed by atoms with van der Waals surface area (Å²) >= 11 is 0. The summed E-state index contributed by atoms with van der Waals surface area (Å²) in [4.78, 5) is 0. The average molecular weight is 256 g/mol. The first-order valence-electron chi connectivity index (χ1n) is 6.61. The Morgan fingerprint density at radius 1 is 1.11 bits per heavy atom. The second-order valence-electron chi connectivity index (χ2n) is 5.43. The van der Waals surface area contributed by atoms with E-state index in [-0.39, 0.29) is 0 Å². The van der Waals surface area contributed by atoms with Crippen LogP contribution in [0.5, 0.6) is 0 Å². The summed E-state index contributed by atoms with van der Waals surface area (Å²) in [6, 6.07) is 6.96. The maximum atomic E-state index is 12.3. The Morgan fingerprint density at radius 2 is 1.78 bits per heavy atom. The summed E-state index contributed by atoms with van der Waals surface area (Å²) in [5.74, 6) is 1.52. The molecule has 0 spiro atoms. The van der Waals surface area contributed by atoms with Crippen LogP contribution in [-0.4, -0.2) is 6.18 Å². The van der Waals surface area contributed by atoms with Gasteiger partial charge in [-0.15, -0.1) is 0 Å². The summed E-state index contributed by atoms with van der Waals surface area (Å²) < 4.78 is 36.9. The molecular weight excluding hydrogens is 237 g/mol. The summed E-state index contributed by atoms with van der Waals surface area (Å²) in [6.45, 7) is 2.20. The minimum atomic E-state index is -4.11. The lowest BCUT2D eigenvalue weighted by Gasteiger charge is -2.34. The van der Waals surface area contributed by atoms with Crippen molar-refractivity contribution >= 4 is 0 Å². The lowest BCUT2D eigenvalue weighted by molar-refractivity contribution is -0.127. The molecule has 3 heteroatoms. The molecular formula is C15H19F3. The minimum absolute atomic E-state index is 0.381. The van der Waals surface area contributed by atoms with E-state index in [0.717, 1.165) is 17.9 Å². The van der Waals surface area contributed by atoms with Crippen molar-refractivity contribution in [2.75, 3.05) is 0 Å². The van der Waals surface area contributed by atoms with Crippen LogP contribution >= 0.6 is 0 Å². The molecule has 0 unspecified atom stereocenters. The molecule has 0 aromatic heterocycles. The van der Waals surface area contributed by atoms with Gasteiger partial charge in [0, 0.05) is 0 Å². The topological polar surface area (TPSA) is 0 Å². The summed E-state index contributed by atoms with van der Waals surface area (Å²) in [5, 5.41) is 0. The highest BCUT2D eigenvalue weighted by molar-refractivity contribution is 5.24. The zero-order valence-electron chi connectivity index (χ0n) is 10.6. The number of halogens is 3. The molecule has 1 aliphatic carbocycles. The SMILES string of the molecule is CCC1CC(Cc2cccc(CC(F)(F)F)c2)C1. The van der Waals surface area contributed by atoms with Crippen molar-refractivity contribution < 1.29 is 13.2 Å². The standard InChI is InChI=1S/C15H19F3/c1-2-11-6-14(7-11)9-12-4-3-5-13(8-12)10-15(16,17)18/h3-5,8,11,14H,2,6-7,9-10H2,1H3. The highest BCUT2D eigenvalue weighted by Crippen LogP contribution is 2.38. The van der Waals surface area contributed by atoms with E-state index in [4.69, 9.17) is 0 Å². The van der Waals surface area contributed by atoms with Gasteiger partial charge >= 0.3 is 6.18 Å². The first kappa shape index (κ1) is 13.4. The van der Waals surface area contributed by atoms with Crippen molar-refractivity contribution in [3.05, 3.63) is 35.4 Å². The van der Waals surface area contributed by atoms with Crippen molar-refractivity contribution in [3.8, 4) is 0 Å². The molecule has 0 atom stereocenters. The first-order valence-corrected chi connectivity index (χ1v) is 6.61. The number of benzene rings is 1. The molecule has 1 aliphatic rings. The van der Waals surface area contributed by atoms with Crippen molar-refractivity contribution in [1.29, 1.82) is 0 Å². The Morgan fingerprint density at radius 3 is 2.39 bits per heavy atom. The van der Waals surface area contributed by atoms with Crippen LogP contribution in [0, 0.1) is 11.8 Å². The monoisotopic (exact) mass is 256 g/mol. The van der Waals surface area contributed by atoms with Crippen molar-refractivity contribution in [2.24, 2.45) is 11.8 Å². The van der Waals surface area contributed by atoms with Gasteiger partial charge in [-0.2, -0.15) is 13.2 Å². The third-order valence-electron chi connectivity index (χ3n) is 3.83. The maximum Gasteiger partial charge on any atom is 0.393 e. The molecule has 2 rings (SSSR count). The van der Waals surface area contributed by atoms with Gasteiger partial charge in [-0.05, 0) is 42.2 Å². The Kier molecular flexibility index (Phi) is 3.98. The molecule has 0 saturated heterocycles. The largest absolute Gasteiger partial charge is 0.393 e. The third-order valence-corrected chi connectivity index (χ3v) is 3.83. The number of hydrogen-bond acceptors (Lipinski definition) is 0. The molecule has 0 radical (unpaired) electrons. The van der Waals surface area contributed by atoms with E-state index < -0.39 is 12.6 Å². The van der Waals surface area contributed by atoms with Crippen LogP contribution in [0.4, 0.5) is 13.2 Å². The van der Waals surface area contributed by atoms with Crippen LogP contribution in [0.15, 0.2) is 24.3 Å². The molecule has 0 heterocycles. The predicted octanol–water partition coefficient (Wildman–Crippen LogP) is 4.77. The zero-order valence-corrected chi connectivity index (χ0v) is 10.6. The van der Waals surface area contributed by atoms with Crippen LogP contribution in [0.1, 0.15) is 37.3 Å². The molecule has 0 N–H and O–H groups in total. The minimum Gasteiger partial charge on any atom is -0.171 e. The molecule has 18 heavy (non-hydrogen) atoms. The quantitative estimate of drug-likeness (QED) is 0.728. The molecule has 1 aromatic rings. The Labute approximate surface area is 106 Å². The molecule has 1 saturated carbocycles. The third kappa shape index (κ3) is 3.76. The maximum absolute atomic E-state index is 12.3. The van der Waals surface area contributed by atoms with Crippen LogP contribution < -0.4 is 0 Å². The van der Waals surface area contributed by atoms with Gasteiger partial charge in [-0.3, -0.25) is 0 Å². The van der Waals surface area contributed by atoms with Gasteiger partial charge in [0.2, 0.25) is 0 Å². The summed E-state index contributed by atoms with van der Waals surface area (Å²) in [6.07, 6.45) is -0.293. The van der Waals surface area contributed by atoms with E-state index in [9.17, 15) is 13.2 Å². The van der Waals surface area contributed by atoms with Crippen LogP contribution in [0.2, 0.25) is 0 Å². The first-order chi connectivity index (χ1) is 8.46. The number of alkyl halides is 3. The second-order valence-corrected chi connectivity index (χ2v) is 5.43. The molecule has 100 valence electrons. The smallest absolute Gasteiger partial charge is 0.171 e. The van der Waals surface area contributed by atoms with Gasteiger partial charge in [0.15, 0.2) is 0 Å². The van der Waals surface area contributed by atoms with E-state index in [1.165, 1.54) is 19.3 Å². The lowest BCUT2D eigenvalue weighted by atomic mass is 9.71. The van der Waals surface area contributed by atoms with Gasteiger partial charge in [0.1, 0.15) is 0 Å². The molecule has 0 aliphatic heterocycles. The number of rotatable bonds is 4. The van der Waals surface area contributed by atoms with E-state index in [1.807, 2.05) is 6.07 Å². The van der Waals surface area contributed by atoms with Gasteiger partial charge in [-0.25, -0.2) is 0 Å². The van der Waals surface area contributed by atoms with E-state index in [1.54, 1.807) is 18.2 Å². The fraction of sp³-hybridized carbons (Fsp3) is 0.600. The van der Waals surface area contributed by atoms with Gasteiger partial charge < -0.3 is 0 Å². The normalized spacial score (nSPS) is 23.8. The highest BCUT2D eigenvalue weighted by atomic mass is 19.4. The molecule has 0 amide bonds. The van der Waals surface area contributed by atoms with Gasteiger partial charge in [-0.1, -0.05) is 37.6 Å². The van der Waals surface area contributed by atoms with Gasteiger partial charge in [0.25, 0.3) is 0 Å². The summed E-state index contributed by atoms with van der Waals surface area (Å²) in [5.41, 5.74) is 1.43.